The summed E-state index contributed by atoms with van der Waals surface area (Å²) in [6.45, 7) is 3.16. The molecule has 0 spiro atoms. The minimum Gasteiger partial charge on any atom is -0.169 e. The van der Waals surface area contributed by atoms with Crippen LogP contribution in [0.2, 0.25) is 0 Å². The molecule has 0 aliphatic heterocycles. The highest BCUT2D eigenvalue weighted by Gasteiger charge is 1.86. The molecule has 0 saturated carbocycles. The van der Waals surface area contributed by atoms with Gasteiger partial charge in [0.05, 0.1) is 0 Å². The fourth-order valence-electron chi connectivity index (χ4n) is 0.724. The summed E-state index contributed by atoms with van der Waals surface area (Å²) in [7, 11) is 2.71. The molecule has 0 bridgehead atoms. The topological polar surface area (TPSA) is 0 Å². The van der Waals surface area contributed by atoms with Crippen LogP contribution in [-0.2, 0) is 0 Å². The first-order valence-corrected chi connectivity index (χ1v) is 3.90. The molecule has 1 unspecified atom stereocenters. The Bertz CT molecular complexity index is 181. The largest absolute Gasteiger partial charge is 0.180 e. The summed E-state index contributed by atoms with van der Waals surface area (Å²) in [6, 6.07) is 8.59. The van der Waals surface area contributed by atoms with E-state index in [4.69, 9.17) is 0 Å². The SMILES string of the molecule is Cc1ccc(BP)cc1. The lowest BCUT2D eigenvalue weighted by atomic mass is 9.94. The number of aryl methyl sites for hydroxylation is 1. The number of hydrogen-bond donors (Lipinski definition) is 0. The van der Waals surface area contributed by atoms with Crippen molar-refractivity contribution < 1.29 is 0 Å². The molecular weight excluding hydrogens is 126 g/mol. The van der Waals surface area contributed by atoms with E-state index < -0.39 is 0 Å². The zero-order valence-corrected chi connectivity index (χ0v) is 6.75. The third-order valence-electron chi connectivity index (χ3n) is 1.36. The summed E-state index contributed by atoms with van der Waals surface area (Å²) in [5.41, 5.74) is 2.71. The van der Waals surface area contributed by atoms with Crippen LogP contribution in [0.3, 0.4) is 0 Å². The van der Waals surface area contributed by atoms with E-state index in [0.29, 0.717) is 0 Å². The van der Waals surface area contributed by atoms with Gasteiger partial charge in [0.15, 0.2) is 7.00 Å². The first-order chi connectivity index (χ1) is 4.33. The third kappa shape index (κ3) is 1.84. The Morgan fingerprint density at radius 1 is 1.22 bits per heavy atom. The molecule has 0 heterocycles. The van der Waals surface area contributed by atoms with E-state index in [0.717, 1.165) is 7.00 Å². The van der Waals surface area contributed by atoms with Crippen LogP contribution in [0.5, 0.6) is 0 Å². The van der Waals surface area contributed by atoms with Gasteiger partial charge in [0.1, 0.15) is 0 Å². The Morgan fingerprint density at radius 2 is 1.78 bits per heavy atom. The lowest BCUT2D eigenvalue weighted by Crippen LogP contribution is -2.06. The normalized spacial score (nSPS) is 9.11. The van der Waals surface area contributed by atoms with Crippen molar-refractivity contribution >= 4 is 21.6 Å². The predicted molar refractivity (Wildman–Crippen MR) is 47.7 cm³/mol. The highest BCUT2D eigenvalue weighted by Crippen LogP contribution is 1.92. The summed E-state index contributed by atoms with van der Waals surface area (Å²) in [5, 5.41) is 0. The Hall–Kier alpha value is -0.285. The Morgan fingerprint density at radius 3 is 2.22 bits per heavy atom. The van der Waals surface area contributed by atoms with Crippen LogP contribution >= 0.6 is 9.12 Å². The molecule has 9 heavy (non-hydrogen) atoms. The van der Waals surface area contributed by atoms with E-state index in [2.05, 4.69) is 40.3 Å². The Balaban J connectivity index is 2.88. The molecular formula is C7H10BP. The lowest BCUT2D eigenvalue weighted by molar-refractivity contribution is 1.49. The molecule has 0 aromatic heterocycles. The third-order valence-corrected chi connectivity index (χ3v) is 1.83. The van der Waals surface area contributed by atoms with Gasteiger partial charge in [-0.3, -0.25) is 0 Å². The molecule has 0 N–H and O–H groups in total. The molecule has 0 aliphatic carbocycles. The van der Waals surface area contributed by atoms with Gasteiger partial charge in [-0.05, 0) is 6.92 Å². The van der Waals surface area contributed by atoms with Crippen molar-refractivity contribution in [1.29, 1.82) is 0 Å². The number of rotatable bonds is 1. The van der Waals surface area contributed by atoms with Gasteiger partial charge in [-0.15, -0.1) is 0 Å². The van der Waals surface area contributed by atoms with Crippen LogP contribution in [0.1, 0.15) is 5.56 Å². The molecule has 0 fully saturated rings. The summed E-state index contributed by atoms with van der Waals surface area (Å²) >= 11 is 0. The number of benzene rings is 1. The molecule has 1 atom stereocenters. The van der Waals surface area contributed by atoms with Gasteiger partial charge in [-0.1, -0.05) is 35.3 Å². The molecule has 2 heteroatoms. The zero-order valence-electron chi connectivity index (χ0n) is 5.59. The van der Waals surface area contributed by atoms with Gasteiger partial charge in [-0.25, -0.2) is 0 Å². The van der Waals surface area contributed by atoms with Crippen molar-refractivity contribution in [2.75, 3.05) is 0 Å². The quantitative estimate of drug-likeness (QED) is 0.396. The van der Waals surface area contributed by atoms with Crippen LogP contribution in [0, 0.1) is 6.92 Å². The molecule has 0 radical (unpaired) electrons. The van der Waals surface area contributed by atoms with Crippen LogP contribution in [0.15, 0.2) is 24.3 Å². The van der Waals surface area contributed by atoms with Crippen molar-refractivity contribution in [3.05, 3.63) is 29.8 Å². The van der Waals surface area contributed by atoms with E-state index >= 15 is 0 Å². The van der Waals surface area contributed by atoms with Crippen molar-refractivity contribution in [1.82, 2.24) is 0 Å². The minimum absolute atomic E-state index is 1.06. The lowest BCUT2D eigenvalue weighted by Gasteiger charge is -1.93. The van der Waals surface area contributed by atoms with Crippen LogP contribution in [0.25, 0.3) is 0 Å². The fraction of sp³-hybridized carbons (Fsp3) is 0.143. The van der Waals surface area contributed by atoms with Crippen molar-refractivity contribution in [3.8, 4) is 0 Å². The van der Waals surface area contributed by atoms with Gasteiger partial charge in [0, 0.05) is 0 Å². The second-order valence-corrected chi connectivity index (χ2v) is 2.60. The van der Waals surface area contributed by atoms with Gasteiger partial charge in [0.2, 0.25) is 0 Å². The van der Waals surface area contributed by atoms with Crippen LogP contribution in [-0.4, -0.2) is 7.00 Å². The maximum absolute atomic E-state index is 2.71. The fourth-order valence-corrected chi connectivity index (χ4v) is 0.996. The van der Waals surface area contributed by atoms with E-state index in [1.165, 1.54) is 11.0 Å². The van der Waals surface area contributed by atoms with Crippen LogP contribution in [0.4, 0.5) is 0 Å². The van der Waals surface area contributed by atoms with E-state index in [1.807, 2.05) is 0 Å². The Kier molecular flexibility index (Phi) is 2.30. The molecule has 46 valence electrons. The second kappa shape index (κ2) is 3.03. The van der Waals surface area contributed by atoms with Crippen molar-refractivity contribution in [2.45, 2.75) is 6.92 Å². The van der Waals surface area contributed by atoms with Crippen molar-refractivity contribution in [2.24, 2.45) is 0 Å². The molecule has 1 rings (SSSR count). The van der Waals surface area contributed by atoms with Crippen molar-refractivity contribution in [3.63, 3.8) is 0 Å². The van der Waals surface area contributed by atoms with E-state index in [1.54, 1.807) is 0 Å². The van der Waals surface area contributed by atoms with Gasteiger partial charge in [0.25, 0.3) is 0 Å². The first-order valence-electron chi connectivity index (χ1n) is 3.08. The standard InChI is InChI=1S/C7H10BP/c1-6-2-4-7(8-9)5-3-6/h2-5,8H,9H2,1H3. The molecule has 1 aromatic rings. The molecule has 0 nitrogen and oxygen atoms in total. The maximum atomic E-state index is 2.71. The molecule has 0 aliphatic rings. The average molecular weight is 136 g/mol. The number of hydrogen-bond acceptors (Lipinski definition) is 0. The Labute approximate surface area is 59.1 Å². The smallest absolute Gasteiger partial charge is 0.169 e. The molecule has 1 aromatic carbocycles. The zero-order chi connectivity index (χ0) is 6.69. The predicted octanol–water partition coefficient (Wildman–Crippen LogP) is 0.847. The second-order valence-electron chi connectivity index (χ2n) is 2.19. The highest BCUT2D eigenvalue weighted by atomic mass is 31.0. The summed E-state index contributed by atoms with van der Waals surface area (Å²) < 4.78 is 0. The van der Waals surface area contributed by atoms with Gasteiger partial charge >= 0.3 is 0 Å². The first kappa shape index (κ1) is 6.83. The maximum Gasteiger partial charge on any atom is 0.180 e. The minimum atomic E-state index is 1.06. The summed E-state index contributed by atoms with van der Waals surface area (Å²) in [5.74, 6) is 0. The monoisotopic (exact) mass is 136 g/mol. The van der Waals surface area contributed by atoms with Crippen LogP contribution < -0.4 is 5.46 Å². The van der Waals surface area contributed by atoms with Gasteiger partial charge in [-0.2, -0.15) is 9.12 Å². The van der Waals surface area contributed by atoms with E-state index in [9.17, 15) is 0 Å². The van der Waals surface area contributed by atoms with E-state index in [-0.39, 0.29) is 0 Å². The molecule has 0 amide bonds. The van der Waals surface area contributed by atoms with Gasteiger partial charge < -0.3 is 0 Å². The summed E-state index contributed by atoms with van der Waals surface area (Å²) in [6.07, 6.45) is 0. The highest BCUT2D eigenvalue weighted by molar-refractivity contribution is 7.58. The average Bonchev–Trinajstić information content (AvgIpc) is 1.90. The molecule has 0 saturated heterocycles. The summed E-state index contributed by atoms with van der Waals surface area (Å²) in [4.78, 5) is 0.